The van der Waals surface area contributed by atoms with Crippen molar-refractivity contribution >= 4 is 11.0 Å². The van der Waals surface area contributed by atoms with E-state index in [4.69, 9.17) is 9.47 Å². The minimum atomic E-state index is 0.467. The molecule has 0 atom stereocenters. The summed E-state index contributed by atoms with van der Waals surface area (Å²) < 4.78 is 11.3. The first-order valence-corrected chi connectivity index (χ1v) is 8.13. The SMILES string of the molecule is COc1cccc(COc2ccccc2-c2nc3ccccc3[nH]2)c1. The average molecular weight is 330 g/mol. The van der Waals surface area contributed by atoms with E-state index in [1.807, 2.05) is 72.8 Å². The van der Waals surface area contributed by atoms with Crippen LogP contribution in [0.2, 0.25) is 0 Å². The van der Waals surface area contributed by atoms with E-state index in [-0.39, 0.29) is 0 Å². The van der Waals surface area contributed by atoms with Gasteiger partial charge in [-0.05, 0) is 42.0 Å². The van der Waals surface area contributed by atoms with Crippen LogP contribution in [-0.2, 0) is 6.61 Å². The van der Waals surface area contributed by atoms with Gasteiger partial charge in [0.05, 0.1) is 23.7 Å². The molecule has 1 N–H and O–H groups in total. The summed E-state index contributed by atoms with van der Waals surface area (Å²) >= 11 is 0. The minimum Gasteiger partial charge on any atom is -0.497 e. The molecule has 0 fully saturated rings. The zero-order chi connectivity index (χ0) is 17.1. The maximum absolute atomic E-state index is 6.06. The summed E-state index contributed by atoms with van der Waals surface area (Å²) in [6, 6.07) is 23.8. The van der Waals surface area contributed by atoms with Crippen molar-refractivity contribution in [2.75, 3.05) is 7.11 Å². The topological polar surface area (TPSA) is 47.1 Å². The zero-order valence-electron chi connectivity index (χ0n) is 13.9. The Bertz CT molecular complexity index is 974. The molecule has 0 unspecified atom stereocenters. The molecule has 4 aromatic rings. The van der Waals surface area contributed by atoms with Gasteiger partial charge in [-0.25, -0.2) is 4.98 Å². The predicted octanol–water partition coefficient (Wildman–Crippen LogP) is 4.82. The van der Waals surface area contributed by atoms with Gasteiger partial charge in [-0.3, -0.25) is 0 Å². The number of methoxy groups -OCH3 is 1. The molecule has 0 aliphatic rings. The Hall–Kier alpha value is -3.27. The van der Waals surface area contributed by atoms with Gasteiger partial charge in [0.1, 0.15) is 23.9 Å². The lowest BCUT2D eigenvalue weighted by Gasteiger charge is -2.10. The number of ether oxygens (including phenoxy) is 2. The number of aromatic nitrogens is 2. The first-order chi connectivity index (χ1) is 12.3. The van der Waals surface area contributed by atoms with Crippen LogP contribution in [0.5, 0.6) is 11.5 Å². The van der Waals surface area contributed by atoms with E-state index in [2.05, 4.69) is 9.97 Å². The normalized spacial score (nSPS) is 10.8. The number of nitrogens with one attached hydrogen (secondary N) is 1. The highest BCUT2D eigenvalue weighted by Gasteiger charge is 2.10. The first kappa shape index (κ1) is 15.3. The van der Waals surface area contributed by atoms with Crippen LogP contribution < -0.4 is 9.47 Å². The molecule has 25 heavy (non-hydrogen) atoms. The van der Waals surface area contributed by atoms with Gasteiger partial charge in [0.15, 0.2) is 0 Å². The molecule has 0 aliphatic carbocycles. The molecule has 0 aliphatic heterocycles. The van der Waals surface area contributed by atoms with E-state index >= 15 is 0 Å². The van der Waals surface area contributed by atoms with Crippen molar-refractivity contribution in [1.82, 2.24) is 9.97 Å². The molecule has 4 heteroatoms. The lowest BCUT2D eigenvalue weighted by Crippen LogP contribution is -1.98. The summed E-state index contributed by atoms with van der Waals surface area (Å²) in [5.74, 6) is 2.43. The molecule has 4 nitrogen and oxygen atoms in total. The highest BCUT2D eigenvalue weighted by Crippen LogP contribution is 2.30. The van der Waals surface area contributed by atoms with E-state index in [1.165, 1.54) is 0 Å². The van der Waals surface area contributed by atoms with E-state index in [0.29, 0.717) is 6.61 Å². The summed E-state index contributed by atoms with van der Waals surface area (Å²) in [7, 11) is 1.66. The Labute approximate surface area is 146 Å². The van der Waals surface area contributed by atoms with Crippen molar-refractivity contribution in [3.05, 3.63) is 78.4 Å². The molecule has 4 rings (SSSR count). The van der Waals surface area contributed by atoms with Gasteiger partial charge >= 0.3 is 0 Å². The van der Waals surface area contributed by atoms with E-state index < -0.39 is 0 Å². The second kappa shape index (κ2) is 6.69. The third kappa shape index (κ3) is 3.19. The Balaban J connectivity index is 1.62. The van der Waals surface area contributed by atoms with Crippen molar-refractivity contribution in [2.24, 2.45) is 0 Å². The first-order valence-electron chi connectivity index (χ1n) is 8.13. The number of H-pyrrole nitrogens is 1. The van der Waals surface area contributed by atoms with E-state index in [1.54, 1.807) is 7.11 Å². The quantitative estimate of drug-likeness (QED) is 0.571. The molecule has 0 spiro atoms. The Morgan fingerprint density at radius 1 is 0.920 bits per heavy atom. The zero-order valence-corrected chi connectivity index (χ0v) is 13.9. The van der Waals surface area contributed by atoms with Gasteiger partial charge in [0.2, 0.25) is 0 Å². The second-order valence-electron chi connectivity index (χ2n) is 5.74. The number of imidazole rings is 1. The summed E-state index contributed by atoms with van der Waals surface area (Å²) in [4.78, 5) is 8.03. The molecular formula is C21H18N2O2. The molecule has 0 amide bonds. The van der Waals surface area contributed by atoms with Crippen LogP contribution in [0, 0.1) is 0 Å². The Morgan fingerprint density at radius 3 is 2.64 bits per heavy atom. The number of fused-ring (bicyclic) bond motifs is 1. The molecule has 0 bridgehead atoms. The van der Waals surface area contributed by atoms with Crippen LogP contribution >= 0.6 is 0 Å². The van der Waals surface area contributed by atoms with Crippen molar-refractivity contribution < 1.29 is 9.47 Å². The van der Waals surface area contributed by atoms with Crippen molar-refractivity contribution in [2.45, 2.75) is 6.61 Å². The molecule has 0 saturated carbocycles. The van der Waals surface area contributed by atoms with Crippen LogP contribution in [0.25, 0.3) is 22.4 Å². The number of aromatic amines is 1. The number of benzene rings is 3. The molecular weight excluding hydrogens is 312 g/mol. The monoisotopic (exact) mass is 330 g/mol. The number of para-hydroxylation sites is 3. The summed E-state index contributed by atoms with van der Waals surface area (Å²) in [6.45, 7) is 0.467. The van der Waals surface area contributed by atoms with Gasteiger partial charge in [0.25, 0.3) is 0 Å². The summed E-state index contributed by atoms with van der Waals surface area (Å²) in [6.07, 6.45) is 0. The van der Waals surface area contributed by atoms with Gasteiger partial charge in [-0.1, -0.05) is 36.4 Å². The van der Waals surface area contributed by atoms with Gasteiger partial charge < -0.3 is 14.5 Å². The van der Waals surface area contributed by atoms with Crippen molar-refractivity contribution in [3.8, 4) is 22.9 Å². The largest absolute Gasteiger partial charge is 0.497 e. The van der Waals surface area contributed by atoms with Crippen LogP contribution in [0.1, 0.15) is 5.56 Å². The van der Waals surface area contributed by atoms with Crippen LogP contribution in [0.4, 0.5) is 0 Å². The Kier molecular flexibility index (Phi) is 4.09. The number of rotatable bonds is 5. The van der Waals surface area contributed by atoms with Gasteiger partial charge in [-0.2, -0.15) is 0 Å². The highest BCUT2D eigenvalue weighted by molar-refractivity contribution is 5.80. The fourth-order valence-corrected chi connectivity index (χ4v) is 2.79. The highest BCUT2D eigenvalue weighted by atomic mass is 16.5. The number of hydrogen-bond donors (Lipinski definition) is 1. The Morgan fingerprint density at radius 2 is 1.76 bits per heavy atom. The molecule has 0 radical (unpaired) electrons. The van der Waals surface area contributed by atoms with E-state index in [0.717, 1.165) is 39.5 Å². The molecule has 0 saturated heterocycles. The van der Waals surface area contributed by atoms with Crippen molar-refractivity contribution in [1.29, 1.82) is 0 Å². The summed E-state index contributed by atoms with van der Waals surface area (Å²) in [5.41, 5.74) is 3.96. The maximum Gasteiger partial charge on any atom is 0.142 e. The van der Waals surface area contributed by atoms with E-state index in [9.17, 15) is 0 Å². The predicted molar refractivity (Wildman–Crippen MR) is 98.9 cm³/mol. The summed E-state index contributed by atoms with van der Waals surface area (Å²) in [5, 5.41) is 0. The fraction of sp³-hybridized carbons (Fsp3) is 0.0952. The molecule has 3 aromatic carbocycles. The van der Waals surface area contributed by atoms with Crippen LogP contribution in [0.3, 0.4) is 0 Å². The third-order valence-corrected chi connectivity index (χ3v) is 4.06. The number of hydrogen-bond acceptors (Lipinski definition) is 3. The molecule has 124 valence electrons. The molecule has 1 aromatic heterocycles. The molecule has 1 heterocycles. The van der Waals surface area contributed by atoms with Gasteiger partial charge in [-0.15, -0.1) is 0 Å². The van der Waals surface area contributed by atoms with Crippen LogP contribution in [0.15, 0.2) is 72.8 Å². The second-order valence-corrected chi connectivity index (χ2v) is 5.74. The van der Waals surface area contributed by atoms with Crippen LogP contribution in [-0.4, -0.2) is 17.1 Å². The smallest absolute Gasteiger partial charge is 0.142 e. The number of nitrogens with zero attached hydrogens (tertiary/aromatic N) is 1. The minimum absolute atomic E-state index is 0.467. The van der Waals surface area contributed by atoms with Crippen molar-refractivity contribution in [3.63, 3.8) is 0 Å². The lowest BCUT2D eigenvalue weighted by atomic mass is 10.2. The van der Waals surface area contributed by atoms with Gasteiger partial charge in [0, 0.05) is 0 Å². The maximum atomic E-state index is 6.06. The lowest BCUT2D eigenvalue weighted by molar-refractivity contribution is 0.306. The fourth-order valence-electron chi connectivity index (χ4n) is 2.79. The standard InChI is InChI=1S/C21H18N2O2/c1-24-16-8-6-7-15(13-16)14-25-20-12-5-2-9-17(20)21-22-18-10-3-4-11-19(18)23-21/h2-13H,14H2,1H3,(H,22,23). The third-order valence-electron chi connectivity index (χ3n) is 4.06. The average Bonchev–Trinajstić information content (AvgIpc) is 3.11.